The molecule has 0 radical (unpaired) electrons. The van der Waals surface area contributed by atoms with Crippen LogP contribution < -0.4 is 5.32 Å². The van der Waals surface area contributed by atoms with Crippen LogP contribution in [-0.2, 0) is 22.6 Å². The zero-order valence-electron chi connectivity index (χ0n) is 17.9. The smallest absolute Gasteiger partial charge is 0.324 e. The van der Waals surface area contributed by atoms with Crippen LogP contribution in [-0.4, -0.2) is 62.7 Å². The third kappa shape index (κ3) is 5.63. The van der Waals surface area contributed by atoms with Crippen molar-refractivity contribution in [3.8, 4) is 0 Å². The molecule has 166 valence electrons. The molecule has 0 spiro atoms. The van der Waals surface area contributed by atoms with E-state index in [0.717, 1.165) is 5.56 Å². The van der Waals surface area contributed by atoms with Gasteiger partial charge in [0.2, 0.25) is 17.7 Å². The topological polar surface area (TPSA) is 109 Å². The molecule has 2 heterocycles. The van der Waals surface area contributed by atoms with E-state index in [0.29, 0.717) is 19.0 Å². The molecule has 1 aromatic carbocycles. The molecule has 2 aromatic rings. The zero-order valence-corrected chi connectivity index (χ0v) is 18.7. The Balaban J connectivity index is 1.62. The minimum Gasteiger partial charge on any atom is -0.416 e. The maximum absolute atomic E-state index is 13.0. The number of hydrogen-bond acceptors (Lipinski definition) is 7. The van der Waals surface area contributed by atoms with Crippen LogP contribution in [0, 0.1) is 5.92 Å². The highest BCUT2D eigenvalue weighted by Gasteiger charge is 2.39. The molecule has 1 N–H and O–H groups in total. The van der Waals surface area contributed by atoms with Crippen molar-refractivity contribution >= 4 is 29.6 Å². The van der Waals surface area contributed by atoms with E-state index < -0.39 is 11.9 Å². The van der Waals surface area contributed by atoms with Crippen molar-refractivity contribution in [3.05, 3.63) is 41.8 Å². The fourth-order valence-electron chi connectivity index (χ4n) is 3.43. The van der Waals surface area contributed by atoms with Crippen LogP contribution in [0.4, 0.5) is 4.79 Å². The van der Waals surface area contributed by atoms with Gasteiger partial charge in [-0.1, -0.05) is 42.1 Å². The number of imide groups is 1. The minimum absolute atomic E-state index is 0.00472. The summed E-state index contributed by atoms with van der Waals surface area (Å²) in [6.07, 6.45) is 0.211. The van der Waals surface area contributed by atoms with Crippen LogP contribution in [0.2, 0.25) is 0 Å². The molecule has 1 fully saturated rings. The number of nitrogens with zero attached hydrogens (tertiary/aromatic N) is 4. The van der Waals surface area contributed by atoms with Gasteiger partial charge in [0.15, 0.2) is 0 Å². The molecular weight excluding hydrogens is 418 g/mol. The molecule has 1 saturated heterocycles. The van der Waals surface area contributed by atoms with E-state index in [-0.39, 0.29) is 41.8 Å². The summed E-state index contributed by atoms with van der Waals surface area (Å²) in [4.78, 5) is 40.5. The first kappa shape index (κ1) is 22.8. The number of urea groups is 1. The van der Waals surface area contributed by atoms with Crippen molar-refractivity contribution in [3.63, 3.8) is 0 Å². The summed E-state index contributed by atoms with van der Waals surface area (Å²) >= 11 is 1.18. The summed E-state index contributed by atoms with van der Waals surface area (Å²) in [5, 5.41) is 11.1. The Hall–Kier alpha value is -2.88. The first-order valence-corrected chi connectivity index (χ1v) is 11.3. The normalized spacial score (nSPS) is 18.7. The van der Waals surface area contributed by atoms with Crippen LogP contribution in [0.15, 0.2) is 40.0 Å². The third-order valence-electron chi connectivity index (χ3n) is 5.24. The summed E-state index contributed by atoms with van der Waals surface area (Å²) in [5.74, 6) is -0.270. The summed E-state index contributed by atoms with van der Waals surface area (Å²) in [5.41, 5.74) is 0.869. The lowest BCUT2D eigenvalue weighted by atomic mass is 9.93. The SMILES string of the molecule is CCN(CC)C(=O)CSc1nnc(CC2C(=O)N(Cc3ccccc3)C(=O)NC2C)o1. The van der Waals surface area contributed by atoms with Gasteiger partial charge >= 0.3 is 6.03 Å². The Kier molecular flexibility index (Phi) is 7.67. The van der Waals surface area contributed by atoms with Crippen LogP contribution in [0.5, 0.6) is 0 Å². The van der Waals surface area contributed by atoms with Gasteiger partial charge in [-0.05, 0) is 26.3 Å². The second kappa shape index (κ2) is 10.4. The monoisotopic (exact) mass is 445 g/mol. The lowest BCUT2D eigenvalue weighted by molar-refractivity contribution is -0.135. The molecule has 1 aliphatic rings. The second-order valence-electron chi connectivity index (χ2n) is 7.28. The van der Waals surface area contributed by atoms with Gasteiger partial charge in [-0.2, -0.15) is 0 Å². The number of carbonyl (C=O) groups is 3. The number of thioether (sulfide) groups is 1. The molecule has 9 nitrogen and oxygen atoms in total. The van der Waals surface area contributed by atoms with Crippen LogP contribution >= 0.6 is 11.8 Å². The van der Waals surface area contributed by atoms with Crippen molar-refractivity contribution in [2.24, 2.45) is 5.92 Å². The van der Waals surface area contributed by atoms with E-state index in [4.69, 9.17) is 4.42 Å². The minimum atomic E-state index is -0.517. The third-order valence-corrected chi connectivity index (χ3v) is 6.05. The van der Waals surface area contributed by atoms with Gasteiger partial charge in [-0.15, -0.1) is 10.2 Å². The van der Waals surface area contributed by atoms with Crippen LogP contribution in [0.1, 0.15) is 32.2 Å². The van der Waals surface area contributed by atoms with Crippen molar-refractivity contribution < 1.29 is 18.8 Å². The van der Waals surface area contributed by atoms with E-state index in [1.165, 1.54) is 16.7 Å². The highest BCUT2D eigenvalue weighted by molar-refractivity contribution is 7.99. The van der Waals surface area contributed by atoms with E-state index in [1.54, 1.807) is 11.8 Å². The summed E-state index contributed by atoms with van der Waals surface area (Å²) in [6, 6.07) is 8.58. The Labute approximate surface area is 185 Å². The second-order valence-corrected chi connectivity index (χ2v) is 8.20. The van der Waals surface area contributed by atoms with Crippen LogP contribution in [0.3, 0.4) is 0 Å². The van der Waals surface area contributed by atoms with E-state index in [2.05, 4.69) is 15.5 Å². The molecule has 2 atom stereocenters. The lowest BCUT2D eigenvalue weighted by Crippen LogP contribution is -2.59. The summed E-state index contributed by atoms with van der Waals surface area (Å²) in [6.45, 7) is 7.15. The summed E-state index contributed by atoms with van der Waals surface area (Å²) in [7, 11) is 0. The summed E-state index contributed by atoms with van der Waals surface area (Å²) < 4.78 is 5.65. The molecule has 1 aromatic heterocycles. The molecule has 0 bridgehead atoms. The van der Waals surface area contributed by atoms with Gasteiger partial charge in [0, 0.05) is 25.6 Å². The number of benzene rings is 1. The Morgan fingerprint density at radius 3 is 2.58 bits per heavy atom. The molecule has 10 heteroatoms. The number of rotatable bonds is 9. The molecule has 0 saturated carbocycles. The molecule has 0 aliphatic carbocycles. The number of amides is 4. The lowest BCUT2D eigenvalue weighted by Gasteiger charge is -2.35. The highest BCUT2D eigenvalue weighted by Crippen LogP contribution is 2.23. The largest absolute Gasteiger partial charge is 0.416 e. The molecule has 4 amide bonds. The van der Waals surface area contributed by atoms with Gasteiger partial charge in [0.1, 0.15) is 0 Å². The van der Waals surface area contributed by atoms with E-state index >= 15 is 0 Å². The van der Waals surface area contributed by atoms with Crippen molar-refractivity contribution in [2.75, 3.05) is 18.8 Å². The van der Waals surface area contributed by atoms with Gasteiger partial charge in [0.25, 0.3) is 5.22 Å². The number of hydrogen-bond donors (Lipinski definition) is 1. The van der Waals surface area contributed by atoms with Crippen molar-refractivity contribution in [2.45, 2.75) is 45.0 Å². The molecule has 2 unspecified atom stereocenters. The average Bonchev–Trinajstić information content (AvgIpc) is 3.22. The van der Waals surface area contributed by atoms with E-state index in [1.807, 2.05) is 44.2 Å². The van der Waals surface area contributed by atoms with Gasteiger partial charge in [-0.25, -0.2) is 4.79 Å². The Bertz CT molecular complexity index is 916. The van der Waals surface area contributed by atoms with E-state index in [9.17, 15) is 14.4 Å². The molecular formula is C21H27N5O4S. The van der Waals surface area contributed by atoms with Gasteiger partial charge in [0.05, 0.1) is 18.2 Å². The molecule has 1 aliphatic heterocycles. The predicted molar refractivity (Wildman–Crippen MR) is 115 cm³/mol. The zero-order chi connectivity index (χ0) is 22.4. The highest BCUT2D eigenvalue weighted by atomic mass is 32.2. The number of carbonyl (C=O) groups excluding carboxylic acids is 3. The standard InChI is InChI=1S/C21H27N5O4S/c1-4-25(5-2)18(27)13-31-21-24-23-17(30-21)11-16-14(3)22-20(29)26(19(16)28)12-15-9-7-6-8-10-15/h6-10,14,16H,4-5,11-13H2,1-3H3,(H,22,29). The predicted octanol–water partition coefficient (Wildman–Crippen LogP) is 2.33. The Morgan fingerprint density at radius 1 is 1.19 bits per heavy atom. The molecule has 3 rings (SSSR count). The Morgan fingerprint density at radius 2 is 1.90 bits per heavy atom. The van der Waals surface area contributed by atoms with Crippen molar-refractivity contribution in [1.82, 2.24) is 25.3 Å². The van der Waals surface area contributed by atoms with Crippen LogP contribution in [0.25, 0.3) is 0 Å². The van der Waals surface area contributed by atoms with Gasteiger partial charge < -0.3 is 14.6 Å². The number of aromatic nitrogens is 2. The maximum Gasteiger partial charge on any atom is 0.324 e. The fraction of sp³-hybridized carbons (Fsp3) is 0.476. The fourth-order valence-corrected chi connectivity index (χ4v) is 4.11. The molecule has 31 heavy (non-hydrogen) atoms. The maximum atomic E-state index is 13.0. The van der Waals surface area contributed by atoms with Gasteiger partial charge in [-0.3, -0.25) is 14.5 Å². The average molecular weight is 446 g/mol. The first-order chi connectivity index (χ1) is 14.9. The first-order valence-electron chi connectivity index (χ1n) is 10.3. The number of nitrogens with one attached hydrogen (secondary N) is 1. The van der Waals surface area contributed by atoms with Crippen molar-refractivity contribution in [1.29, 1.82) is 0 Å². The quantitative estimate of drug-likeness (QED) is 0.590.